The smallest absolute Gasteiger partial charge is 0.255 e. The van der Waals surface area contributed by atoms with Crippen molar-refractivity contribution >= 4 is 29.3 Å². The molecular formula is C13H14ClFN2O2. The minimum absolute atomic E-state index is 0. The Bertz CT molecular complexity index is 593. The van der Waals surface area contributed by atoms with Crippen LogP contribution < -0.4 is 10.6 Å². The van der Waals surface area contributed by atoms with E-state index in [0.29, 0.717) is 16.5 Å². The van der Waals surface area contributed by atoms with E-state index in [0.717, 1.165) is 19.5 Å². The Hall–Kier alpha value is -1.59. The summed E-state index contributed by atoms with van der Waals surface area (Å²) in [6.45, 7) is 1.71. The first-order valence-corrected chi connectivity index (χ1v) is 5.92. The first-order chi connectivity index (χ1) is 8.74. The van der Waals surface area contributed by atoms with E-state index in [1.165, 1.54) is 18.4 Å². The molecule has 19 heavy (non-hydrogen) atoms. The first-order valence-electron chi connectivity index (χ1n) is 5.92. The zero-order valence-corrected chi connectivity index (χ0v) is 10.9. The highest BCUT2D eigenvalue weighted by atomic mass is 35.5. The summed E-state index contributed by atoms with van der Waals surface area (Å²) < 4.78 is 18.2. The lowest BCUT2D eigenvalue weighted by atomic mass is 10.1. The van der Waals surface area contributed by atoms with Crippen molar-refractivity contribution in [3.63, 3.8) is 0 Å². The highest BCUT2D eigenvalue weighted by molar-refractivity contribution is 6.06. The van der Waals surface area contributed by atoms with Crippen LogP contribution in [0.25, 0.3) is 11.0 Å². The molecule has 6 heteroatoms. The summed E-state index contributed by atoms with van der Waals surface area (Å²) in [6, 6.07) is 4.33. The maximum atomic E-state index is 13.0. The number of fused-ring (bicyclic) bond motifs is 1. The summed E-state index contributed by atoms with van der Waals surface area (Å²) >= 11 is 0. The van der Waals surface area contributed by atoms with Crippen LogP contribution in [0.5, 0.6) is 0 Å². The molecule has 2 aromatic rings. The molecule has 1 atom stereocenters. The van der Waals surface area contributed by atoms with Crippen LogP contribution in [0.4, 0.5) is 4.39 Å². The normalized spacial score (nSPS) is 18.3. The van der Waals surface area contributed by atoms with Gasteiger partial charge in [0.15, 0.2) is 0 Å². The van der Waals surface area contributed by atoms with Crippen molar-refractivity contribution in [1.82, 2.24) is 10.6 Å². The monoisotopic (exact) mass is 284 g/mol. The zero-order chi connectivity index (χ0) is 12.5. The van der Waals surface area contributed by atoms with Crippen molar-refractivity contribution in [3.05, 3.63) is 35.8 Å². The van der Waals surface area contributed by atoms with Crippen molar-refractivity contribution in [1.29, 1.82) is 0 Å². The van der Waals surface area contributed by atoms with Gasteiger partial charge in [0.25, 0.3) is 5.91 Å². The highest BCUT2D eigenvalue weighted by Crippen LogP contribution is 2.22. The molecule has 3 rings (SSSR count). The largest absolute Gasteiger partial charge is 0.463 e. The van der Waals surface area contributed by atoms with Crippen LogP contribution in [0, 0.1) is 5.82 Å². The van der Waals surface area contributed by atoms with Crippen LogP contribution in [0.15, 0.2) is 28.9 Å². The third-order valence-corrected chi connectivity index (χ3v) is 3.18. The van der Waals surface area contributed by atoms with Crippen molar-refractivity contribution in [2.75, 3.05) is 13.1 Å². The molecular weight excluding hydrogens is 271 g/mol. The van der Waals surface area contributed by atoms with Gasteiger partial charge in [0.1, 0.15) is 17.7 Å². The molecule has 1 aromatic carbocycles. The molecule has 1 aliphatic heterocycles. The molecule has 1 aliphatic rings. The molecule has 0 aliphatic carbocycles. The summed E-state index contributed by atoms with van der Waals surface area (Å²) in [5.74, 6) is -0.544. The van der Waals surface area contributed by atoms with Crippen LogP contribution in [0.2, 0.25) is 0 Å². The van der Waals surface area contributed by atoms with Crippen LogP contribution >= 0.6 is 12.4 Å². The average Bonchev–Trinajstić information content (AvgIpc) is 2.97. The van der Waals surface area contributed by atoms with E-state index in [9.17, 15) is 9.18 Å². The lowest BCUT2D eigenvalue weighted by molar-refractivity contribution is 0.0941. The molecule has 1 aromatic heterocycles. The summed E-state index contributed by atoms with van der Waals surface area (Å²) in [7, 11) is 0. The molecule has 0 spiro atoms. The average molecular weight is 285 g/mol. The van der Waals surface area contributed by atoms with Gasteiger partial charge in [-0.05, 0) is 25.1 Å². The number of rotatable bonds is 2. The third-order valence-electron chi connectivity index (χ3n) is 3.18. The molecule has 0 unspecified atom stereocenters. The lowest BCUT2D eigenvalue weighted by Gasteiger charge is -2.09. The van der Waals surface area contributed by atoms with E-state index < -0.39 is 0 Å². The Morgan fingerprint density at radius 3 is 3.05 bits per heavy atom. The van der Waals surface area contributed by atoms with E-state index in [4.69, 9.17) is 4.42 Å². The van der Waals surface area contributed by atoms with E-state index in [2.05, 4.69) is 10.6 Å². The van der Waals surface area contributed by atoms with Gasteiger partial charge in [-0.15, -0.1) is 12.4 Å². The third kappa shape index (κ3) is 2.72. The number of carbonyl (C=O) groups excluding carboxylic acids is 1. The second-order valence-corrected chi connectivity index (χ2v) is 4.45. The number of hydrogen-bond acceptors (Lipinski definition) is 3. The number of carbonyl (C=O) groups is 1. The van der Waals surface area contributed by atoms with Crippen LogP contribution in [-0.4, -0.2) is 25.0 Å². The predicted octanol–water partition coefficient (Wildman–Crippen LogP) is 2.09. The Morgan fingerprint density at radius 1 is 1.47 bits per heavy atom. The Balaban J connectivity index is 0.00000133. The Kier molecular flexibility index (Phi) is 4.07. The Labute approximate surface area is 115 Å². The number of halogens is 2. The van der Waals surface area contributed by atoms with Crippen molar-refractivity contribution < 1.29 is 13.6 Å². The summed E-state index contributed by atoms with van der Waals surface area (Å²) in [5.41, 5.74) is 0.849. The fourth-order valence-corrected chi connectivity index (χ4v) is 2.22. The molecule has 0 bridgehead atoms. The van der Waals surface area contributed by atoms with Gasteiger partial charge in [0.05, 0.1) is 5.56 Å². The second kappa shape index (κ2) is 5.59. The SMILES string of the molecule is Cl.O=C(N[C@H]1CCNC1)c1coc2cc(F)ccc12. The first kappa shape index (κ1) is 13.8. The standard InChI is InChI=1S/C13H13FN2O2.ClH/c14-8-1-2-10-11(7-18-12(10)5-8)13(17)16-9-3-4-15-6-9;/h1-2,5,7,9,15H,3-4,6H2,(H,16,17);1H/t9-;/m0./s1. The summed E-state index contributed by atoms with van der Waals surface area (Å²) in [4.78, 5) is 12.1. The second-order valence-electron chi connectivity index (χ2n) is 4.45. The van der Waals surface area contributed by atoms with Gasteiger partial charge in [0, 0.05) is 24.0 Å². The molecule has 1 fully saturated rings. The minimum atomic E-state index is -0.371. The maximum Gasteiger partial charge on any atom is 0.255 e. The quantitative estimate of drug-likeness (QED) is 0.888. The fraction of sp³-hybridized carbons (Fsp3) is 0.308. The molecule has 102 valence electrons. The van der Waals surface area contributed by atoms with Gasteiger partial charge in [-0.25, -0.2) is 4.39 Å². The molecule has 2 heterocycles. The van der Waals surface area contributed by atoms with Gasteiger partial charge >= 0.3 is 0 Å². The predicted molar refractivity (Wildman–Crippen MR) is 72.2 cm³/mol. The van der Waals surface area contributed by atoms with E-state index in [-0.39, 0.29) is 30.2 Å². The van der Waals surface area contributed by atoms with Crippen molar-refractivity contribution in [2.24, 2.45) is 0 Å². The van der Waals surface area contributed by atoms with E-state index >= 15 is 0 Å². The van der Waals surface area contributed by atoms with E-state index in [1.54, 1.807) is 6.07 Å². The van der Waals surface area contributed by atoms with Crippen LogP contribution in [-0.2, 0) is 0 Å². The summed E-state index contributed by atoms with van der Waals surface area (Å²) in [6.07, 6.45) is 2.30. The number of hydrogen-bond donors (Lipinski definition) is 2. The zero-order valence-electron chi connectivity index (χ0n) is 10.1. The van der Waals surface area contributed by atoms with Gasteiger partial charge in [-0.1, -0.05) is 0 Å². The Morgan fingerprint density at radius 2 is 2.32 bits per heavy atom. The topological polar surface area (TPSA) is 54.3 Å². The van der Waals surface area contributed by atoms with Crippen LogP contribution in [0.3, 0.4) is 0 Å². The maximum absolute atomic E-state index is 13.0. The molecule has 1 saturated heterocycles. The summed E-state index contributed by atoms with van der Waals surface area (Å²) in [5, 5.41) is 6.75. The molecule has 2 N–H and O–H groups in total. The van der Waals surface area contributed by atoms with Crippen molar-refractivity contribution in [2.45, 2.75) is 12.5 Å². The van der Waals surface area contributed by atoms with Gasteiger partial charge in [0.2, 0.25) is 0 Å². The van der Waals surface area contributed by atoms with Gasteiger partial charge in [-0.3, -0.25) is 4.79 Å². The van der Waals surface area contributed by atoms with Crippen LogP contribution in [0.1, 0.15) is 16.8 Å². The molecule has 4 nitrogen and oxygen atoms in total. The molecule has 0 saturated carbocycles. The molecule has 0 radical (unpaired) electrons. The number of benzene rings is 1. The number of nitrogens with one attached hydrogen (secondary N) is 2. The number of furan rings is 1. The van der Waals surface area contributed by atoms with Crippen molar-refractivity contribution in [3.8, 4) is 0 Å². The van der Waals surface area contributed by atoms with Gasteiger partial charge in [-0.2, -0.15) is 0 Å². The highest BCUT2D eigenvalue weighted by Gasteiger charge is 2.20. The lowest BCUT2D eigenvalue weighted by Crippen LogP contribution is -2.36. The van der Waals surface area contributed by atoms with Gasteiger partial charge < -0.3 is 15.1 Å². The fourth-order valence-electron chi connectivity index (χ4n) is 2.22. The molecule has 1 amide bonds. The minimum Gasteiger partial charge on any atom is -0.463 e. The number of amides is 1. The van der Waals surface area contributed by atoms with E-state index in [1.807, 2.05) is 0 Å².